The van der Waals surface area contributed by atoms with Gasteiger partial charge in [0.2, 0.25) is 0 Å². The molecule has 0 aliphatic heterocycles. The summed E-state index contributed by atoms with van der Waals surface area (Å²) in [6.07, 6.45) is 0. The van der Waals surface area contributed by atoms with Crippen LogP contribution in [0.4, 0.5) is 0 Å². The van der Waals surface area contributed by atoms with Gasteiger partial charge in [0.25, 0.3) is 5.91 Å². The minimum atomic E-state index is -0.910. The molecule has 21 heavy (non-hydrogen) atoms. The highest BCUT2D eigenvalue weighted by Crippen LogP contribution is 2.15. The fraction of sp³-hybridized carbons (Fsp3) is 0.0667. The monoisotopic (exact) mass is 413 g/mol. The molecule has 2 N–H and O–H groups in total. The van der Waals surface area contributed by atoms with Gasteiger partial charge in [0.05, 0.1) is 11.1 Å². The highest BCUT2D eigenvalue weighted by atomic mass is 79.9. The van der Waals surface area contributed by atoms with Gasteiger partial charge in [-0.1, -0.05) is 24.3 Å². The van der Waals surface area contributed by atoms with E-state index < -0.39 is 5.97 Å². The van der Waals surface area contributed by atoms with Gasteiger partial charge in [-0.05, 0) is 56.1 Å². The van der Waals surface area contributed by atoms with Crippen LogP contribution in [0.15, 0.2) is 57.5 Å². The zero-order chi connectivity index (χ0) is 15.8. The number of benzene rings is 2. The lowest BCUT2D eigenvalue weighted by Gasteiger charge is -2.00. The van der Waals surface area contributed by atoms with E-state index in [1.54, 1.807) is 37.4 Å². The molecule has 0 bridgehead atoms. The fourth-order valence-corrected chi connectivity index (χ4v) is 2.33. The molecule has 1 amide bonds. The molecule has 0 spiro atoms. The zero-order valence-electron chi connectivity index (χ0n) is 11.1. The van der Waals surface area contributed by atoms with Crippen LogP contribution in [0.3, 0.4) is 0 Å². The molecule has 0 heterocycles. The van der Waals surface area contributed by atoms with E-state index in [-0.39, 0.29) is 5.91 Å². The summed E-state index contributed by atoms with van der Waals surface area (Å²) in [5.41, 5.74) is 0.956. The van der Waals surface area contributed by atoms with Crippen LogP contribution < -0.4 is 5.32 Å². The molecule has 0 aromatic heterocycles. The van der Waals surface area contributed by atoms with Crippen molar-refractivity contribution >= 4 is 43.7 Å². The lowest BCUT2D eigenvalue weighted by atomic mass is 10.2. The molecule has 0 atom stereocenters. The van der Waals surface area contributed by atoms with Crippen molar-refractivity contribution in [2.24, 2.45) is 0 Å². The number of hydrogen-bond acceptors (Lipinski definition) is 2. The number of carbonyl (C=O) groups is 2. The van der Waals surface area contributed by atoms with E-state index in [0.717, 1.165) is 4.47 Å². The van der Waals surface area contributed by atoms with E-state index in [1.807, 2.05) is 18.2 Å². The van der Waals surface area contributed by atoms with Crippen LogP contribution in [-0.2, 0) is 0 Å². The first-order chi connectivity index (χ1) is 9.97. The SMILES string of the molecule is CNC(=O)c1ccccc1Br.O=C(O)c1ccccc1Br. The molecule has 0 fully saturated rings. The topological polar surface area (TPSA) is 66.4 Å². The Kier molecular flexibility index (Phi) is 7.11. The standard InChI is InChI=1S/C8H8BrNO.C7H5BrO2/c1-10-8(11)6-4-2-3-5-7(6)9;8-6-4-2-1-3-5(6)7(9)10/h2-5H,1H3,(H,10,11);1-4H,(H,9,10). The van der Waals surface area contributed by atoms with E-state index >= 15 is 0 Å². The van der Waals surface area contributed by atoms with Crippen molar-refractivity contribution in [3.8, 4) is 0 Å². The van der Waals surface area contributed by atoms with Crippen LogP contribution in [0.5, 0.6) is 0 Å². The van der Waals surface area contributed by atoms with Gasteiger partial charge in [-0.2, -0.15) is 0 Å². The third-order valence-corrected chi connectivity index (χ3v) is 3.83. The van der Waals surface area contributed by atoms with Crippen LogP contribution >= 0.6 is 31.9 Å². The van der Waals surface area contributed by atoms with Crippen molar-refractivity contribution in [2.75, 3.05) is 7.05 Å². The molecule has 0 saturated carbocycles. The van der Waals surface area contributed by atoms with Crippen molar-refractivity contribution in [3.05, 3.63) is 68.6 Å². The number of amides is 1. The van der Waals surface area contributed by atoms with Crippen molar-refractivity contribution in [1.29, 1.82) is 0 Å². The normalized spacial score (nSPS) is 9.29. The Morgan fingerprint density at radius 3 is 1.67 bits per heavy atom. The Balaban J connectivity index is 0.000000211. The number of nitrogens with one attached hydrogen (secondary N) is 1. The van der Waals surface area contributed by atoms with E-state index in [2.05, 4.69) is 37.2 Å². The van der Waals surface area contributed by atoms with Crippen LogP contribution in [0.25, 0.3) is 0 Å². The number of aromatic carboxylic acids is 1. The molecule has 2 aromatic rings. The first-order valence-electron chi connectivity index (χ1n) is 5.91. The number of rotatable bonds is 2. The van der Waals surface area contributed by atoms with Gasteiger partial charge in [0.15, 0.2) is 0 Å². The second kappa shape index (κ2) is 8.59. The molecule has 0 radical (unpaired) electrons. The maximum atomic E-state index is 11.1. The van der Waals surface area contributed by atoms with E-state index in [1.165, 1.54) is 0 Å². The third kappa shape index (κ3) is 5.32. The van der Waals surface area contributed by atoms with Gasteiger partial charge < -0.3 is 10.4 Å². The van der Waals surface area contributed by atoms with Crippen LogP contribution in [0, 0.1) is 0 Å². The first-order valence-corrected chi connectivity index (χ1v) is 7.50. The van der Waals surface area contributed by atoms with Gasteiger partial charge in [0, 0.05) is 16.0 Å². The smallest absolute Gasteiger partial charge is 0.336 e. The van der Waals surface area contributed by atoms with Crippen LogP contribution in [0.2, 0.25) is 0 Å². The average molecular weight is 415 g/mol. The van der Waals surface area contributed by atoms with Gasteiger partial charge in [-0.15, -0.1) is 0 Å². The predicted molar refractivity (Wildman–Crippen MR) is 88.6 cm³/mol. The summed E-state index contributed by atoms with van der Waals surface area (Å²) in [6, 6.07) is 14.0. The van der Waals surface area contributed by atoms with E-state index in [0.29, 0.717) is 15.6 Å². The molecule has 2 rings (SSSR count). The summed E-state index contributed by atoms with van der Waals surface area (Å²) in [5, 5.41) is 11.1. The predicted octanol–water partition coefficient (Wildman–Crippen LogP) is 3.96. The maximum absolute atomic E-state index is 11.1. The maximum Gasteiger partial charge on any atom is 0.336 e. The molecule has 6 heteroatoms. The van der Waals surface area contributed by atoms with Crippen LogP contribution in [0.1, 0.15) is 20.7 Å². The lowest BCUT2D eigenvalue weighted by molar-refractivity contribution is 0.0695. The number of carboxylic acids is 1. The molecular formula is C15H13Br2NO3. The highest BCUT2D eigenvalue weighted by Gasteiger charge is 2.05. The average Bonchev–Trinajstić information content (AvgIpc) is 2.48. The Morgan fingerprint density at radius 1 is 0.905 bits per heavy atom. The molecule has 4 nitrogen and oxygen atoms in total. The summed E-state index contributed by atoms with van der Waals surface area (Å²) in [5.74, 6) is -0.982. The van der Waals surface area contributed by atoms with Crippen molar-refractivity contribution < 1.29 is 14.7 Å². The summed E-state index contributed by atoms with van der Waals surface area (Å²) >= 11 is 6.39. The molecule has 0 unspecified atom stereocenters. The lowest BCUT2D eigenvalue weighted by Crippen LogP contribution is -2.17. The molecule has 0 aliphatic carbocycles. The first kappa shape index (κ1) is 17.4. The number of carboxylic acid groups (broad SMARTS) is 1. The van der Waals surface area contributed by atoms with Gasteiger partial charge >= 0.3 is 5.97 Å². The van der Waals surface area contributed by atoms with Gasteiger partial charge in [-0.3, -0.25) is 4.79 Å². The van der Waals surface area contributed by atoms with E-state index in [4.69, 9.17) is 5.11 Å². The molecule has 0 aliphatic rings. The summed E-state index contributed by atoms with van der Waals surface area (Å²) in [6.45, 7) is 0. The zero-order valence-corrected chi connectivity index (χ0v) is 14.3. The van der Waals surface area contributed by atoms with Crippen LogP contribution in [-0.4, -0.2) is 24.0 Å². The molecule has 0 saturated heterocycles. The third-order valence-electron chi connectivity index (χ3n) is 2.45. The fourth-order valence-electron chi connectivity index (χ4n) is 1.41. The van der Waals surface area contributed by atoms with E-state index in [9.17, 15) is 9.59 Å². The Morgan fingerprint density at radius 2 is 1.33 bits per heavy atom. The van der Waals surface area contributed by atoms with Crippen molar-refractivity contribution in [1.82, 2.24) is 5.32 Å². The number of halogens is 2. The minimum Gasteiger partial charge on any atom is -0.478 e. The Labute approximate surface area is 139 Å². The van der Waals surface area contributed by atoms with Crippen molar-refractivity contribution in [3.63, 3.8) is 0 Å². The minimum absolute atomic E-state index is 0.0718. The second-order valence-electron chi connectivity index (χ2n) is 3.84. The van der Waals surface area contributed by atoms with Gasteiger partial charge in [-0.25, -0.2) is 4.79 Å². The Hall–Kier alpha value is -1.66. The summed E-state index contributed by atoms with van der Waals surface area (Å²) < 4.78 is 1.43. The molecule has 110 valence electrons. The Bertz CT molecular complexity index is 644. The summed E-state index contributed by atoms with van der Waals surface area (Å²) in [4.78, 5) is 21.5. The highest BCUT2D eigenvalue weighted by molar-refractivity contribution is 9.10. The largest absolute Gasteiger partial charge is 0.478 e. The number of hydrogen-bond donors (Lipinski definition) is 2. The second-order valence-corrected chi connectivity index (χ2v) is 5.55. The quantitative estimate of drug-likeness (QED) is 0.781. The molecule has 2 aromatic carbocycles. The van der Waals surface area contributed by atoms with Crippen molar-refractivity contribution in [2.45, 2.75) is 0 Å². The number of carbonyl (C=O) groups excluding carboxylic acids is 1. The molecular weight excluding hydrogens is 402 g/mol. The summed E-state index contributed by atoms with van der Waals surface area (Å²) in [7, 11) is 1.61. The van der Waals surface area contributed by atoms with Gasteiger partial charge in [0.1, 0.15) is 0 Å².